The number of carbonyl (C=O) groups excluding carboxylic acids is 1. The highest BCUT2D eigenvalue weighted by Gasteiger charge is 2.23. The van der Waals surface area contributed by atoms with Crippen LogP contribution in [-0.4, -0.2) is 27.1 Å². The van der Waals surface area contributed by atoms with Gasteiger partial charge >= 0.3 is 5.69 Å². The summed E-state index contributed by atoms with van der Waals surface area (Å²) in [5.74, 6) is -1.25. The van der Waals surface area contributed by atoms with Crippen LogP contribution >= 0.6 is 0 Å². The third kappa shape index (κ3) is 4.33. The van der Waals surface area contributed by atoms with E-state index < -0.39 is 32.9 Å². The predicted molar refractivity (Wildman–Crippen MR) is 105 cm³/mol. The number of phenolic OH excluding ortho intramolecular Hbond substituents is 1. The lowest BCUT2D eigenvalue weighted by Crippen LogP contribution is -2.19. The average molecular weight is 394 g/mol. The van der Waals surface area contributed by atoms with Crippen LogP contribution in [-0.2, 0) is 11.2 Å². The monoisotopic (exact) mass is 394 g/mol. The lowest BCUT2D eigenvalue weighted by Gasteiger charge is -2.05. The molecule has 1 amide bonds. The van der Waals surface area contributed by atoms with Crippen LogP contribution in [0.5, 0.6) is 5.75 Å². The molecule has 146 valence electrons. The topological polar surface area (TPSA) is 148 Å². The van der Waals surface area contributed by atoms with Crippen LogP contribution in [0.3, 0.4) is 0 Å². The molecule has 3 aromatic carbocycles. The molecule has 0 saturated heterocycles. The van der Waals surface area contributed by atoms with Crippen molar-refractivity contribution in [2.75, 3.05) is 0 Å². The van der Waals surface area contributed by atoms with Gasteiger partial charge in [-0.15, -0.1) is 0 Å². The minimum absolute atomic E-state index is 0.0275. The Bertz CT molecular complexity index is 1150. The minimum Gasteiger partial charge on any atom is -0.502 e. The molecule has 0 aliphatic rings. The third-order valence-corrected chi connectivity index (χ3v) is 4.14. The molecule has 0 aromatic heterocycles. The average Bonchev–Trinajstić information content (AvgIpc) is 2.69. The maximum absolute atomic E-state index is 12.2. The summed E-state index contributed by atoms with van der Waals surface area (Å²) in [5, 5.41) is 37.3. The summed E-state index contributed by atoms with van der Waals surface area (Å²) in [5.41, 5.74) is 1.35. The second kappa shape index (κ2) is 8.13. The van der Waals surface area contributed by atoms with Crippen molar-refractivity contribution in [1.82, 2.24) is 5.43 Å². The highest BCUT2D eigenvalue weighted by Crippen LogP contribution is 2.33. The molecule has 29 heavy (non-hydrogen) atoms. The largest absolute Gasteiger partial charge is 0.502 e. The van der Waals surface area contributed by atoms with E-state index in [-0.39, 0.29) is 12.0 Å². The van der Waals surface area contributed by atoms with Gasteiger partial charge in [-0.25, -0.2) is 5.43 Å². The van der Waals surface area contributed by atoms with E-state index in [4.69, 9.17) is 0 Å². The van der Waals surface area contributed by atoms with Gasteiger partial charge in [-0.1, -0.05) is 42.5 Å². The summed E-state index contributed by atoms with van der Waals surface area (Å²) in [6.45, 7) is 0. The number of amides is 1. The number of nitro groups is 2. The predicted octanol–water partition coefficient (Wildman–Crippen LogP) is 3.05. The normalized spacial score (nSPS) is 10.9. The van der Waals surface area contributed by atoms with Crippen molar-refractivity contribution in [3.8, 4) is 5.75 Å². The zero-order valence-electron chi connectivity index (χ0n) is 14.8. The fourth-order valence-electron chi connectivity index (χ4n) is 2.80. The van der Waals surface area contributed by atoms with Crippen LogP contribution in [0, 0.1) is 20.2 Å². The second-order valence-corrected chi connectivity index (χ2v) is 6.03. The van der Waals surface area contributed by atoms with Gasteiger partial charge in [0.25, 0.3) is 5.69 Å². The zero-order valence-corrected chi connectivity index (χ0v) is 14.8. The summed E-state index contributed by atoms with van der Waals surface area (Å²) in [6, 6.07) is 14.7. The summed E-state index contributed by atoms with van der Waals surface area (Å²) >= 11 is 0. The van der Waals surface area contributed by atoms with E-state index in [1.54, 1.807) is 6.07 Å². The number of aromatic hydroxyl groups is 1. The molecule has 3 aromatic rings. The Balaban J connectivity index is 1.78. The van der Waals surface area contributed by atoms with Crippen molar-refractivity contribution in [1.29, 1.82) is 0 Å². The summed E-state index contributed by atoms with van der Waals surface area (Å²) < 4.78 is 0. The SMILES string of the molecule is O=C(Cc1cccc2ccccc12)N/N=C\c1cc([N+](=O)[O-])cc([N+](=O)[O-])c1O. The number of nitrogens with zero attached hydrogens (tertiary/aromatic N) is 3. The van der Waals surface area contributed by atoms with Gasteiger partial charge in [0.05, 0.1) is 34.1 Å². The third-order valence-electron chi connectivity index (χ3n) is 4.14. The van der Waals surface area contributed by atoms with Crippen LogP contribution in [0.4, 0.5) is 11.4 Å². The zero-order chi connectivity index (χ0) is 21.0. The van der Waals surface area contributed by atoms with Crippen molar-refractivity contribution >= 4 is 34.3 Å². The van der Waals surface area contributed by atoms with E-state index in [9.17, 15) is 30.1 Å². The van der Waals surface area contributed by atoms with Crippen molar-refractivity contribution in [3.05, 3.63) is 86.0 Å². The number of hydrogen-bond donors (Lipinski definition) is 2. The molecule has 0 heterocycles. The van der Waals surface area contributed by atoms with E-state index in [0.717, 1.165) is 28.6 Å². The number of nitrogens with one attached hydrogen (secondary N) is 1. The molecule has 0 aliphatic heterocycles. The molecule has 2 N–H and O–H groups in total. The van der Waals surface area contributed by atoms with Crippen molar-refractivity contribution in [2.24, 2.45) is 5.10 Å². The molecule has 0 bridgehead atoms. The van der Waals surface area contributed by atoms with Gasteiger partial charge in [-0.3, -0.25) is 25.0 Å². The van der Waals surface area contributed by atoms with Crippen LogP contribution in [0.1, 0.15) is 11.1 Å². The number of fused-ring (bicyclic) bond motifs is 1. The van der Waals surface area contributed by atoms with Crippen molar-refractivity contribution in [2.45, 2.75) is 6.42 Å². The van der Waals surface area contributed by atoms with Crippen molar-refractivity contribution < 1.29 is 19.7 Å². The van der Waals surface area contributed by atoms with E-state index in [0.29, 0.717) is 6.07 Å². The number of non-ortho nitro benzene ring substituents is 1. The summed E-state index contributed by atoms with van der Waals surface area (Å²) in [6.07, 6.45) is 0.941. The number of hydrogen-bond acceptors (Lipinski definition) is 7. The Morgan fingerprint density at radius 2 is 1.79 bits per heavy atom. The molecule has 0 spiro atoms. The van der Waals surface area contributed by atoms with Crippen LogP contribution < -0.4 is 5.43 Å². The van der Waals surface area contributed by atoms with E-state index in [2.05, 4.69) is 10.5 Å². The number of hydrazone groups is 1. The first-order valence-electron chi connectivity index (χ1n) is 8.31. The maximum Gasteiger partial charge on any atom is 0.318 e. The number of carbonyl (C=O) groups is 1. The van der Waals surface area contributed by atoms with Gasteiger partial charge in [0, 0.05) is 6.07 Å². The lowest BCUT2D eigenvalue weighted by atomic mass is 10.0. The van der Waals surface area contributed by atoms with Crippen LogP contribution in [0.25, 0.3) is 10.8 Å². The standard InChI is InChI=1S/C19H14N4O6/c24-18(9-13-6-3-5-12-4-1-2-7-16(12)13)21-20-11-14-8-15(22(26)27)10-17(19(14)25)23(28)29/h1-8,10-11,25H,9H2,(H,21,24)/b20-11-. The molecule has 0 radical (unpaired) electrons. The molecule has 0 atom stereocenters. The van der Waals surface area contributed by atoms with Crippen molar-refractivity contribution in [3.63, 3.8) is 0 Å². The van der Waals surface area contributed by atoms with Gasteiger partial charge < -0.3 is 5.11 Å². The maximum atomic E-state index is 12.2. The Hall–Kier alpha value is -4.34. The Kier molecular flexibility index (Phi) is 5.44. The first-order chi connectivity index (χ1) is 13.9. The number of rotatable bonds is 6. The van der Waals surface area contributed by atoms with Gasteiger partial charge in [0.2, 0.25) is 11.7 Å². The van der Waals surface area contributed by atoms with Crippen LogP contribution in [0.15, 0.2) is 59.7 Å². The molecule has 0 saturated carbocycles. The van der Waals surface area contributed by atoms with Gasteiger partial charge in [-0.2, -0.15) is 5.10 Å². The Morgan fingerprint density at radius 1 is 1.07 bits per heavy atom. The molecular formula is C19H14N4O6. The smallest absolute Gasteiger partial charge is 0.318 e. The highest BCUT2D eigenvalue weighted by molar-refractivity contribution is 5.91. The molecule has 0 unspecified atom stereocenters. The first kappa shape index (κ1) is 19.4. The van der Waals surface area contributed by atoms with E-state index >= 15 is 0 Å². The van der Waals surface area contributed by atoms with Gasteiger partial charge in [-0.05, 0) is 16.3 Å². The highest BCUT2D eigenvalue weighted by atomic mass is 16.6. The summed E-state index contributed by atoms with van der Waals surface area (Å²) in [4.78, 5) is 32.3. The molecule has 10 nitrogen and oxygen atoms in total. The summed E-state index contributed by atoms with van der Waals surface area (Å²) in [7, 11) is 0. The van der Waals surface area contributed by atoms with Crippen LogP contribution in [0.2, 0.25) is 0 Å². The number of phenols is 1. The first-order valence-corrected chi connectivity index (χ1v) is 8.31. The fourth-order valence-corrected chi connectivity index (χ4v) is 2.80. The number of nitro benzene ring substituents is 2. The Morgan fingerprint density at radius 3 is 2.52 bits per heavy atom. The quantitative estimate of drug-likeness (QED) is 0.373. The van der Waals surface area contributed by atoms with Gasteiger partial charge in [0.15, 0.2) is 0 Å². The van der Waals surface area contributed by atoms with E-state index in [1.807, 2.05) is 36.4 Å². The lowest BCUT2D eigenvalue weighted by molar-refractivity contribution is -0.394. The molecule has 0 aliphatic carbocycles. The Labute approximate surface area is 163 Å². The number of benzene rings is 3. The molecular weight excluding hydrogens is 380 g/mol. The molecule has 3 rings (SSSR count). The molecule has 0 fully saturated rings. The molecule has 10 heteroatoms. The van der Waals surface area contributed by atoms with Gasteiger partial charge in [0.1, 0.15) is 0 Å². The van der Waals surface area contributed by atoms with E-state index in [1.165, 1.54) is 0 Å². The second-order valence-electron chi connectivity index (χ2n) is 6.03. The minimum atomic E-state index is -0.946. The fraction of sp³-hybridized carbons (Fsp3) is 0.0526.